The maximum absolute atomic E-state index is 11.9. The smallest absolute Gasteiger partial charge is 0.319 e. The van der Waals surface area contributed by atoms with Crippen molar-refractivity contribution in [2.24, 2.45) is 5.92 Å². The fourth-order valence-electron chi connectivity index (χ4n) is 2.17. The lowest BCUT2D eigenvalue weighted by molar-refractivity contribution is 0.248. The highest BCUT2D eigenvalue weighted by atomic mass is 32.2. The van der Waals surface area contributed by atoms with Crippen LogP contribution >= 0.6 is 0 Å². The molecule has 1 aromatic carbocycles. The maximum Gasteiger partial charge on any atom is 0.319 e. The zero-order valence-electron chi connectivity index (χ0n) is 12.4. The molecule has 0 aliphatic heterocycles. The van der Waals surface area contributed by atoms with Crippen LogP contribution in [-0.4, -0.2) is 27.5 Å². The molecule has 21 heavy (non-hydrogen) atoms. The van der Waals surface area contributed by atoms with Crippen molar-refractivity contribution in [3.05, 3.63) is 23.8 Å². The number of anilines is 1. The van der Waals surface area contributed by atoms with Crippen molar-refractivity contribution in [3.63, 3.8) is 0 Å². The largest absolute Gasteiger partial charge is 0.335 e. The molecule has 2 rings (SSSR count). The number of carbonyl (C=O) groups is 1. The number of aryl methyl sites for hydroxylation is 1. The Kier molecular flexibility index (Phi) is 4.53. The first-order valence-electron chi connectivity index (χ1n) is 6.95. The van der Waals surface area contributed by atoms with Gasteiger partial charge in [-0.15, -0.1) is 0 Å². The lowest BCUT2D eigenvalue weighted by Gasteiger charge is -2.14. The molecule has 0 saturated heterocycles. The number of hydrogen-bond acceptors (Lipinski definition) is 3. The lowest BCUT2D eigenvalue weighted by atomic mass is 10.2. The highest BCUT2D eigenvalue weighted by Gasteiger charge is 2.28. The summed E-state index contributed by atoms with van der Waals surface area (Å²) in [5, 5.41) is 5.54. The third-order valence-electron chi connectivity index (χ3n) is 3.69. The molecule has 1 aliphatic carbocycles. The van der Waals surface area contributed by atoms with Gasteiger partial charge in [-0.25, -0.2) is 17.9 Å². The number of rotatable bonds is 5. The molecule has 1 atom stereocenters. The normalized spacial score (nSPS) is 16.3. The average molecular weight is 311 g/mol. The number of sulfonamides is 1. The highest BCUT2D eigenvalue weighted by Crippen LogP contribution is 2.32. The van der Waals surface area contributed by atoms with Crippen LogP contribution in [0, 0.1) is 12.8 Å². The van der Waals surface area contributed by atoms with Crippen LogP contribution < -0.4 is 15.4 Å². The fraction of sp³-hybridized carbons (Fsp3) is 0.500. The summed E-state index contributed by atoms with van der Waals surface area (Å²) in [6.45, 7) is 3.69. The molecule has 3 N–H and O–H groups in total. The minimum Gasteiger partial charge on any atom is -0.335 e. The van der Waals surface area contributed by atoms with Gasteiger partial charge < -0.3 is 10.6 Å². The maximum atomic E-state index is 11.9. The van der Waals surface area contributed by atoms with Gasteiger partial charge in [0.25, 0.3) is 0 Å². The van der Waals surface area contributed by atoms with Crippen LogP contribution in [0.25, 0.3) is 0 Å². The van der Waals surface area contributed by atoms with E-state index in [1.807, 2.05) is 6.92 Å². The van der Waals surface area contributed by atoms with E-state index >= 15 is 0 Å². The van der Waals surface area contributed by atoms with E-state index in [0.29, 0.717) is 17.2 Å². The number of benzene rings is 1. The minimum atomic E-state index is -3.54. The molecule has 2 amide bonds. The zero-order valence-corrected chi connectivity index (χ0v) is 13.3. The Morgan fingerprint density at radius 1 is 1.33 bits per heavy atom. The summed E-state index contributed by atoms with van der Waals surface area (Å²) in [4.78, 5) is 12.0. The standard InChI is InChI=1S/C14H21N3O3S/c1-9-4-7-12(8-13(9)21(19,20)15-3)17-14(18)16-10(2)11-5-6-11/h4,7-8,10-11,15H,5-6H2,1-3H3,(H2,16,17,18). The minimum absolute atomic E-state index is 0.135. The van der Waals surface area contributed by atoms with Gasteiger partial charge in [0.15, 0.2) is 0 Å². The topological polar surface area (TPSA) is 87.3 Å². The first-order valence-corrected chi connectivity index (χ1v) is 8.43. The van der Waals surface area contributed by atoms with Crippen LogP contribution in [0.15, 0.2) is 23.1 Å². The SMILES string of the molecule is CNS(=O)(=O)c1cc(NC(=O)NC(C)C2CC2)ccc1C. The molecular weight excluding hydrogens is 290 g/mol. The van der Waals surface area contributed by atoms with Crippen LogP contribution in [0.2, 0.25) is 0 Å². The first kappa shape index (κ1) is 15.8. The number of carbonyl (C=O) groups excluding carboxylic acids is 1. The van der Waals surface area contributed by atoms with Gasteiger partial charge >= 0.3 is 6.03 Å². The van der Waals surface area contributed by atoms with Crippen LogP contribution in [0.1, 0.15) is 25.3 Å². The second-order valence-electron chi connectivity index (χ2n) is 5.41. The Balaban J connectivity index is 2.10. The molecule has 116 valence electrons. The van der Waals surface area contributed by atoms with Gasteiger partial charge in [-0.3, -0.25) is 0 Å². The average Bonchev–Trinajstić information content (AvgIpc) is 3.25. The molecule has 1 aromatic rings. The number of nitrogens with one attached hydrogen (secondary N) is 3. The number of urea groups is 1. The van der Waals surface area contributed by atoms with Gasteiger partial charge in [-0.05, 0) is 57.4 Å². The molecule has 1 saturated carbocycles. The van der Waals surface area contributed by atoms with E-state index in [4.69, 9.17) is 0 Å². The van der Waals surface area contributed by atoms with Crippen molar-refractivity contribution in [3.8, 4) is 0 Å². The zero-order chi connectivity index (χ0) is 15.6. The van der Waals surface area contributed by atoms with E-state index in [0.717, 1.165) is 12.8 Å². The predicted octanol–water partition coefficient (Wildman–Crippen LogP) is 1.82. The second-order valence-corrected chi connectivity index (χ2v) is 7.27. The summed E-state index contributed by atoms with van der Waals surface area (Å²) >= 11 is 0. The number of amides is 2. The summed E-state index contributed by atoms with van der Waals surface area (Å²) in [7, 11) is -2.18. The third kappa shape index (κ3) is 3.95. The molecule has 0 heterocycles. The molecule has 1 aliphatic rings. The molecule has 7 heteroatoms. The molecule has 6 nitrogen and oxygen atoms in total. The van der Waals surface area contributed by atoms with Crippen molar-refractivity contribution in [1.29, 1.82) is 0 Å². The Labute approximate surface area is 125 Å². The number of hydrogen-bond donors (Lipinski definition) is 3. The second kappa shape index (κ2) is 6.03. The summed E-state index contributed by atoms with van der Waals surface area (Å²) in [6, 6.07) is 4.64. The Hall–Kier alpha value is -1.60. The summed E-state index contributed by atoms with van der Waals surface area (Å²) in [5.41, 5.74) is 1.08. The van der Waals surface area contributed by atoms with Gasteiger partial charge in [-0.1, -0.05) is 6.07 Å². The van der Waals surface area contributed by atoms with E-state index in [1.54, 1.807) is 19.1 Å². The third-order valence-corrected chi connectivity index (χ3v) is 5.25. The first-order chi connectivity index (χ1) is 9.83. The molecule has 1 unspecified atom stereocenters. The van der Waals surface area contributed by atoms with E-state index in [1.165, 1.54) is 13.1 Å². The van der Waals surface area contributed by atoms with Crippen LogP contribution in [0.5, 0.6) is 0 Å². The Morgan fingerprint density at radius 3 is 2.57 bits per heavy atom. The fourth-order valence-corrected chi connectivity index (χ4v) is 3.16. The van der Waals surface area contributed by atoms with E-state index < -0.39 is 10.0 Å². The van der Waals surface area contributed by atoms with Gasteiger partial charge in [-0.2, -0.15) is 0 Å². The van der Waals surface area contributed by atoms with Crippen molar-refractivity contribution in [2.75, 3.05) is 12.4 Å². The summed E-state index contributed by atoms with van der Waals surface area (Å²) in [6.07, 6.45) is 2.30. The van der Waals surface area contributed by atoms with Crippen LogP contribution in [0.4, 0.5) is 10.5 Å². The summed E-state index contributed by atoms with van der Waals surface area (Å²) < 4.78 is 26.1. The van der Waals surface area contributed by atoms with Gasteiger partial charge in [0.1, 0.15) is 0 Å². The Morgan fingerprint density at radius 2 is 2.00 bits per heavy atom. The van der Waals surface area contributed by atoms with Crippen molar-refractivity contribution in [1.82, 2.24) is 10.0 Å². The molecule has 1 fully saturated rings. The van der Waals surface area contributed by atoms with E-state index in [-0.39, 0.29) is 17.0 Å². The van der Waals surface area contributed by atoms with Crippen LogP contribution in [0.3, 0.4) is 0 Å². The predicted molar refractivity (Wildman–Crippen MR) is 81.8 cm³/mol. The van der Waals surface area contributed by atoms with Crippen LogP contribution in [-0.2, 0) is 10.0 Å². The molecule has 0 spiro atoms. The van der Waals surface area contributed by atoms with E-state index in [2.05, 4.69) is 15.4 Å². The van der Waals surface area contributed by atoms with Crippen molar-refractivity contribution >= 4 is 21.7 Å². The van der Waals surface area contributed by atoms with E-state index in [9.17, 15) is 13.2 Å². The lowest BCUT2D eigenvalue weighted by Crippen LogP contribution is -2.37. The van der Waals surface area contributed by atoms with Gasteiger partial charge in [0, 0.05) is 11.7 Å². The molecular formula is C14H21N3O3S. The molecule has 0 bridgehead atoms. The van der Waals surface area contributed by atoms with Gasteiger partial charge in [0.05, 0.1) is 4.90 Å². The van der Waals surface area contributed by atoms with Crippen molar-refractivity contribution in [2.45, 2.75) is 37.6 Å². The monoisotopic (exact) mass is 311 g/mol. The molecule has 0 aromatic heterocycles. The Bertz CT molecular complexity index is 639. The molecule has 0 radical (unpaired) electrons. The quantitative estimate of drug-likeness (QED) is 0.775. The van der Waals surface area contributed by atoms with Gasteiger partial charge in [0.2, 0.25) is 10.0 Å². The highest BCUT2D eigenvalue weighted by molar-refractivity contribution is 7.89. The van der Waals surface area contributed by atoms with Crippen molar-refractivity contribution < 1.29 is 13.2 Å². The summed E-state index contributed by atoms with van der Waals surface area (Å²) in [5.74, 6) is 0.564.